The minimum absolute atomic E-state index is 0.0132. The predicted octanol–water partition coefficient (Wildman–Crippen LogP) is 23.7. The fraction of sp³-hybridized carbons (Fsp3) is 0.785. The fourth-order valence-electron chi connectivity index (χ4n) is 12.6. The Balaban J connectivity index is 5.12. The van der Waals surface area contributed by atoms with Gasteiger partial charge in [-0.3, -0.25) is 29.0 Å². The zero-order valence-electron chi connectivity index (χ0n) is 69.9. The van der Waals surface area contributed by atoms with Gasteiger partial charge in [0.25, 0.3) is 0 Å². The largest absolute Gasteiger partial charge is 0.464 e. The molecule has 0 bridgehead atoms. The van der Waals surface area contributed by atoms with Gasteiger partial charge in [0.2, 0.25) is 11.8 Å². The first-order valence-electron chi connectivity index (χ1n) is 44.7. The Morgan fingerprint density at radius 2 is 0.491 bits per heavy atom. The second-order valence-corrected chi connectivity index (χ2v) is 29.5. The third-order valence-electron chi connectivity index (χ3n) is 19.4. The summed E-state index contributed by atoms with van der Waals surface area (Å²) in [6.07, 6.45) is 93.9. The van der Waals surface area contributed by atoms with Gasteiger partial charge in [-0.2, -0.15) is 0 Å². The van der Waals surface area contributed by atoms with Crippen LogP contribution in [0.5, 0.6) is 0 Å². The molecule has 0 aromatic heterocycles. The monoisotopic (exact) mass is 1480 g/mol. The SMILES string of the molecule is CCCCC/C=C\C/C=C\CCCCCCCCOCCN(CCNC(=O)CCN(CCC)CCC(=O)NCCN(CCOCCCCCCCC/C=C\C/C=C\CCCCC)CCOC(=O)CCCCCCC/C=C\C/C=C\CCCCC)CCOC(=O)CCCCCCC/C=C\C/C=C\CCCCC. The Labute approximate surface area is 654 Å². The molecule has 0 heterocycles. The quantitative estimate of drug-likeness (QED) is 0.0342. The van der Waals surface area contributed by atoms with Crippen molar-refractivity contribution in [3.05, 3.63) is 97.2 Å². The highest BCUT2D eigenvalue weighted by molar-refractivity contribution is 5.76. The first-order valence-corrected chi connectivity index (χ1v) is 44.7. The van der Waals surface area contributed by atoms with Crippen LogP contribution in [0.3, 0.4) is 0 Å². The molecule has 614 valence electrons. The van der Waals surface area contributed by atoms with Gasteiger partial charge in [-0.1, -0.05) is 273 Å². The van der Waals surface area contributed by atoms with Crippen molar-refractivity contribution >= 4 is 23.8 Å². The van der Waals surface area contributed by atoms with Gasteiger partial charge in [-0.25, -0.2) is 0 Å². The molecule has 0 saturated carbocycles. The molecule has 0 aliphatic rings. The number of hydrogen-bond donors (Lipinski definition) is 2. The van der Waals surface area contributed by atoms with E-state index >= 15 is 0 Å². The minimum atomic E-state index is -0.136. The Hall–Kier alpha value is -4.40. The zero-order chi connectivity index (χ0) is 76.7. The molecule has 106 heavy (non-hydrogen) atoms. The maximum atomic E-state index is 13.3. The van der Waals surface area contributed by atoms with Gasteiger partial charge in [0.15, 0.2) is 0 Å². The number of unbranched alkanes of at least 4 members (excludes halogenated alkanes) is 34. The molecule has 0 aliphatic heterocycles. The number of ether oxygens (including phenoxy) is 4. The second kappa shape index (κ2) is 87.8. The van der Waals surface area contributed by atoms with E-state index in [0.717, 1.165) is 116 Å². The van der Waals surface area contributed by atoms with Gasteiger partial charge in [0.1, 0.15) is 13.2 Å². The van der Waals surface area contributed by atoms with Crippen LogP contribution in [-0.2, 0) is 38.1 Å². The number of allylic oxidation sites excluding steroid dienone is 16. The van der Waals surface area contributed by atoms with Crippen LogP contribution >= 0.6 is 0 Å². The lowest BCUT2D eigenvalue weighted by atomic mass is 10.1. The summed E-state index contributed by atoms with van der Waals surface area (Å²) in [5.74, 6) is -0.299. The van der Waals surface area contributed by atoms with Gasteiger partial charge >= 0.3 is 11.9 Å². The highest BCUT2D eigenvalue weighted by Gasteiger charge is 2.14. The number of hydrogen-bond acceptors (Lipinski definition) is 11. The Bertz CT molecular complexity index is 1990. The van der Waals surface area contributed by atoms with Crippen molar-refractivity contribution in [2.45, 2.75) is 362 Å². The van der Waals surface area contributed by atoms with Crippen molar-refractivity contribution in [1.82, 2.24) is 25.3 Å². The predicted molar refractivity (Wildman–Crippen MR) is 456 cm³/mol. The molecule has 2 N–H and O–H groups in total. The average molecular weight is 1490 g/mol. The summed E-state index contributed by atoms with van der Waals surface area (Å²) in [5.41, 5.74) is 0. The molecule has 13 nitrogen and oxygen atoms in total. The second-order valence-electron chi connectivity index (χ2n) is 29.5. The minimum Gasteiger partial charge on any atom is -0.464 e. The van der Waals surface area contributed by atoms with E-state index in [4.69, 9.17) is 18.9 Å². The number of carbonyl (C=O) groups excluding carboxylic acids is 4. The van der Waals surface area contributed by atoms with Crippen LogP contribution in [0.2, 0.25) is 0 Å². The number of nitrogens with one attached hydrogen (secondary N) is 2. The molecule has 0 atom stereocenters. The zero-order valence-corrected chi connectivity index (χ0v) is 69.9. The maximum absolute atomic E-state index is 13.3. The molecule has 0 rings (SSSR count). The average Bonchev–Trinajstić information content (AvgIpc) is 1.06. The number of rotatable bonds is 84. The summed E-state index contributed by atoms with van der Waals surface area (Å²) >= 11 is 0. The molecular formula is C93H169N5O8. The van der Waals surface area contributed by atoms with E-state index in [1.807, 2.05) is 0 Å². The molecule has 0 fully saturated rings. The van der Waals surface area contributed by atoms with Crippen molar-refractivity contribution in [3.63, 3.8) is 0 Å². The van der Waals surface area contributed by atoms with E-state index in [9.17, 15) is 19.2 Å². The first-order chi connectivity index (χ1) is 52.3. The molecule has 0 radical (unpaired) electrons. The summed E-state index contributed by atoms with van der Waals surface area (Å²) in [5, 5.41) is 6.29. The van der Waals surface area contributed by atoms with Gasteiger partial charge in [0.05, 0.1) is 13.2 Å². The standard InChI is InChI=1S/C93H169N5O8/c1-6-11-15-19-23-27-31-35-39-43-47-51-55-59-63-67-84-103-86-80-97(82-88-105-92(101)69-65-61-57-53-49-45-41-37-33-29-25-21-17-13-8-3)78-73-94-90(99)71-76-96(75-10-5)77-72-91(100)95-74-79-98(81-87-104-85-68-64-60-56-52-48-44-40-36-32-28-24-20-16-12-7-2)83-89-106-93(102)70-66-62-58-54-50-46-42-38-34-30-26-22-18-14-9-4/h23-30,35-42H,6-22,31-34,43-89H2,1-5H3,(H,94,99)(H,95,100)/b27-23-,28-24-,29-25-,30-26-,39-35-,40-36-,41-37-,42-38-. The molecule has 0 unspecified atom stereocenters. The molecule has 0 saturated heterocycles. The van der Waals surface area contributed by atoms with E-state index in [1.54, 1.807) is 0 Å². The Morgan fingerprint density at radius 3 is 0.783 bits per heavy atom. The third-order valence-corrected chi connectivity index (χ3v) is 19.4. The maximum Gasteiger partial charge on any atom is 0.305 e. The van der Waals surface area contributed by atoms with E-state index in [2.05, 4.69) is 157 Å². The van der Waals surface area contributed by atoms with E-state index in [-0.39, 0.29) is 23.8 Å². The van der Waals surface area contributed by atoms with E-state index in [0.29, 0.717) is 118 Å². The van der Waals surface area contributed by atoms with Gasteiger partial charge < -0.3 is 34.5 Å². The van der Waals surface area contributed by atoms with Crippen LogP contribution in [0, 0.1) is 0 Å². The van der Waals surface area contributed by atoms with Crippen LogP contribution in [-0.4, -0.2) is 150 Å². The van der Waals surface area contributed by atoms with Crippen molar-refractivity contribution in [2.75, 3.05) is 112 Å². The van der Waals surface area contributed by atoms with Crippen molar-refractivity contribution in [2.24, 2.45) is 0 Å². The lowest BCUT2D eigenvalue weighted by molar-refractivity contribution is -0.145. The summed E-state index contributed by atoms with van der Waals surface area (Å²) in [6, 6.07) is 0. The summed E-state index contributed by atoms with van der Waals surface area (Å²) in [6.45, 7) is 21.2. The summed E-state index contributed by atoms with van der Waals surface area (Å²) < 4.78 is 23.7. The van der Waals surface area contributed by atoms with Gasteiger partial charge in [0, 0.05) is 104 Å². The number of nitrogens with zero attached hydrogens (tertiary/aromatic N) is 3. The molecule has 0 spiro atoms. The number of esters is 2. The van der Waals surface area contributed by atoms with Crippen LogP contribution in [0.15, 0.2) is 97.2 Å². The molecule has 2 amide bonds. The highest BCUT2D eigenvalue weighted by atomic mass is 16.5. The lowest BCUT2D eigenvalue weighted by Crippen LogP contribution is -2.40. The number of carbonyl (C=O) groups is 4. The first kappa shape index (κ1) is 102. The highest BCUT2D eigenvalue weighted by Crippen LogP contribution is 2.14. The molecule has 0 aromatic rings. The molecule has 0 aromatic carbocycles. The van der Waals surface area contributed by atoms with Crippen LogP contribution in [0.4, 0.5) is 0 Å². The lowest BCUT2D eigenvalue weighted by Gasteiger charge is -2.24. The van der Waals surface area contributed by atoms with Crippen LogP contribution < -0.4 is 10.6 Å². The topological polar surface area (TPSA) is 139 Å². The van der Waals surface area contributed by atoms with Crippen molar-refractivity contribution < 1.29 is 38.1 Å². The van der Waals surface area contributed by atoms with Gasteiger partial charge in [-0.05, 0) is 167 Å². The van der Waals surface area contributed by atoms with E-state index in [1.165, 1.54) is 205 Å². The summed E-state index contributed by atoms with van der Waals surface area (Å²) in [7, 11) is 0. The van der Waals surface area contributed by atoms with Crippen LogP contribution in [0.1, 0.15) is 362 Å². The summed E-state index contributed by atoms with van der Waals surface area (Å²) in [4.78, 5) is 58.9. The van der Waals surface area contributed by atoms with Crippen molar-refractivity contribution in [1.29, 1.82) is 0 Å². The van der Waals surface area contributed by atoms with Gasteiger partial charge in [-0.15, -0.1) is 0 Å². The Kier molecular flexibility index (Phi) is 84.2. The number of amides is 2. The smallest absolute Gasteiger partial charge is 0.305 e. The molecule has 0 aliphatic carbocycles. The molecular weight excluding hydrogens is 1320 g/mol. The van der Waals surface area contributed by atoms with E-state index < -0.39 is 0 Å². The molecule has 13 heteroatoms. The Morgan fingerprint density at radius 1 is 0.236 bits per heavy atom. The third kappa shape index (κ3) is 82.1. The van der Waals surface area contributed by atoms with Crippen molar-refractivity contribution in [3.8, 4) is 0 Å². The fourth-order valence-corrected chi connectivity index (χ4v) is 12.6. The normalized spacial score (nSPS) is 12.3. The van der Waals surface area contributed by atoms with Crippen LogP contribution in [0.25, 0.3) is 0 Å².